The molecule has 0 atom stereocenters. The lowest BCUT2D eigenvalue weighted by molar-refractivity contribution is 0.888. The second-order valence-electron chi connectivity index (χ2n) is 4.47. The second-order valence-corrected chi connectivity index (χ2v) is 5.52. The molecule has 0 aliphatic carbocycles. The van der Waals surface area contributed by atoms with Gasteiger partial charge in [0.05, 0.1) is 17.3 Å². The number of aromatic amines is 1. The van der Waals surface area contributed by atoms with Crippen LogP contribution in [-0.2, 0) is 5.75 Å². The fourth-order valence-corrected chi connectivity index (χ4v) is 2.85. The molecule has 0 bridgehead atoms. The van der Waals surface area contributed by atoms with Gasteiger partial charge in [-0.25, -0.2) is 9.50 Å². The molecule has 3 rings (SSSR count). The monoisotopic (exact) mass is 307 g/mol. The highest BCUT2D eigenvalue weighted by atomic mass is 32.2. The summed E-state index contributed by atoms with van der Waals surface area (Å²) in [5.74, 6) is 0.483. The Morgan fingerprint density at radius 3 is 2.91 bits per heavy atom. The van der Waals surface area contributed by atoms with Gasteiger partial charge in [0.2, 0.25) is 0 Å². The summed E-state index contributed by atoms with van der Waals surface area (Å²) in [6, 6.07) is 12.8. The molecule has 7 heteroatoms. The summed E-state index contributed by atoms with van der Waals surface area (Å²) in [4.78, 5) is 17.2. The van der Waals surface area contributed by atoms with E-state index in [-0.39, 0.29) is 5.56 Å². The van der Waals surface area contributed by atoms with Gasteiger partial charge in [-0.15, -0.1) is 11.8 Å². The van der Waals surface area contributed by atoms with Crippen LogP contribution in [0, 0.1) is 22.7 Å². The van der Waals surface area contributed by atoms with E-state index in [1.165, 1.54) is 28.5 Å². The minimum absolute atomic E-state index is 0.257. The van der Waals surface area contributed by atoms with Crippen LogP contribution in [0.1, 0.15) is 16.8 Å². The minimum atomic E-state index is -0.257. The van der Waals surface area contributed by atoms with Crippen LogP contribution in [0.4, 0.5) is 0 Å². The summed E-state index contributed by atoms with van der Waals surface area (Å²) in [7, 11) is 0. The Morgan fingerprint density at radius 1 is 1.27 bits per heavy atom. The molecule has 0 aliphatic rings. The van der Waals surface area contributed by atoms with Crippen LogP contribution in [0.5, 0.6) is 0 Å². The van der Waals surface area contributed by atoms with Crippen LogP contribution in [-0.4, -0.2) is 14.6 Å². The summed E-state index contributed by atoms with van der Waals surface area (Å²) >= 11 is 1.48. The molecule has 0 aliphatic heterocycles. The Balaban J connectivity index is 1.89. The third-order valence-corrected chi connectivity index (χ3v) is 4.05. The van der Waals surface area contributed by atoms with E-state index in [0.29, 0.717) is 28.2 Å². The highest BCUT2D eigenvalue weighted by molar-refractivity contribution is 7.98. The van der Waals surface area contributed by atoms with Crippen molar-refractivity contribution in [3.8, 4) is 12.1 Å². The van der Waals surface area contributed by atoms with Crippen molar-refractivity contribution in [3.05, 3.63) is 63.7 Å². The van der Waals surface area contributed by atoms with Crippen LogP contribution in [0.25, 0.3) is 5.65 Å². The molecule has 1 aromatic carbocycles. The molecule has 22 heavy (non-hydrogen) atoms. The van der Waals surface area contributed by atoms with Gasteiger partial charge in [-0.3, -0.25) is 9.89 Å². The molecule has 0 amide bonds. The SMILES string of the molecule is N#Cc1cccc(SCc2cc(=O)n3[nH]cc(C#N)c3n2)c1. The smallest absolute Gasteiger partial charge is 0.272 e. The van der Waals surface area contributed by atoms with Crippen molar-refractivity contribution >= 4 is 17.4 Å². The number of hydrogen-bond donors (Lipinski definition) is 1. The van der Waals surface area contributed by atoms with Gasteiger partial charge in [0.25, 0.3) is 5.56 Å². The van der Waals surface area contributed by atoms with Crippen molar-refractivity contribution in [1.82, 2.24) is 14.6 Å². The highest BCUT2D eigenvalue weighted by Crippen LogP contribution is 2.22. The van der Waals surface area contributed by atoms with Gasteiger partial charge in [0, 0.05) is 22.9 Å². The molecule has 0 radical (unpaired) electrons. The quantitative estimate of drug-likeness (QED) is 0.747. The molecule has 0 spiro atoms. The van der Waals surface area contributed by atoms with Crippen molar-refractivity contribution in [2.45, 2.75) is 10.6 Å². The number of thioether (sulfide) groups is 1. The van der Waals surface area contributed by atoms with Crippen LogP contribution in [0.15, 0.2) is 46.2 Å². The number of aromatic nitrogens is 3. The molecule has 0 unspecified atom stereocenters. The Kier molecular flexibility index (Phi) is 3.65. The maximum absolute atomic E-state index is 12.0. The molecule has 6 nitrogen and oxygen atoms in total. The first-order chi connectivity index (χ1) is 10.7. The number of H-pyrrole nitrogens is 1. The van der Waals surface area contributed by atoms with E-state index in [9.17, 15) is 4.79 Å². The minimum Gasteiger partial charge on any atom is -0.295 e. The molecular weight excluding hydrogens is 298 g/mol. The van der Waals surface area contributed by atoms with Crippen molar-refractivity contribution in [3.63, 3.8) is 0 Å². The first-order valence-corrected chi connectivity index (χ1v) is 7.33. The third kappa shape index (κ3) is 2.58. The predicted molar refractivity (Wildman–Crippen MR) is 81.2 cm³/mol. The number of benzene rings is 1. The zero-order valence-electron chi connectivity index (χ0n) is 11.3. The van der Waals surface area contributed by atoms with Gasteiger partial charge in [-0.2, -0.15) is 10.5 Å². The number of nitriles is 2. The molecular formula is C15H9N5OS. The topological polar surface area (TPSA) is 97.7 Å². The lowest BCUT2D eigenvalue weighted by Gasteiger charge is -2.02. The highest BCUT2D eigenvalue weighted by Gasteiger charge is 2.09. The van der Waals surface area contributed by atoms with Crippen molar-refractivity contribution < 1.29 is 0 Å². The zero-order valence-corrected chi connectivity index (χ0v) is 12.1. The van der Waals surface area contributed by atoms with E-state index < -0.39 is 0 Å². The first-order valence-electron chi connectivity index (χ1n) is 6.34. The van der Waals surface area contributed by atoms with Crippen molar-refractivity contribution in [2.24, 2.45) is 0 Å². The van der Waals surface area contributed by atoms with Crippen LogP contribution in [0.3, 0.4) is 0 Å². The summed E-state index contributed by atoms with van der Waals surface area (Å²) < 4.78 is 1.24. The standard InChI is InChI=1S/C15H9N5OS/c16-6-10-2-1-3-13(4-10)22-9-12-5-14(21)20-15(19-12)11(7-17)8-18-20/h1-5,8,18H,9H2. The van der Waals surface area contributed by atoms with E-state index in [1.807, 2.05) is 18.2 Å². The van der Waals surface area contributed by atoms with Crippen molar-refractivity contribution in [2.75, 3.05) is 0 Å². The average Bonchev–Trinajstić information content (AvgIpc) is 2.96. The normalized spacial score (nSPS) is 10.3. The van der Waals surface area contributed by atoms with Gasteiger partial charge in [0.1, 0.15) is 11.6 Å². The fraction of sp³-hybridized carbons (Fsp3) is 0.0667. The maximum atomic E-state index is 12.0. The van der Waals surface area contributed by atoms with Crippen LogP contribution in [0.2, 0.25) is 0 Å². The van der Waals surface area contributed by atoms with E-state index >= 15 is 0 Å². The number of nitrogens with one attached hydrogen (secondary N) is 1. The number of hydrogen-bond acceptors (Lipinski definition) is 5. The van der Waals surface area contributed by atoms with Crippen LogP contribution >= 0.6 is 11.8 Å². The van der Waals surface area contributed by atoms with Gasteiger partial charge in [0.15, 0.2) is 5.65 Å². The van der Waals surface area contributed by atoms with Gasteiger partial charge in [-0.1, -0.05) is 6.07 Å². The van der Waals surface area contributed by atoms with Gasteiger partial charge >= 0.3 is 0 Å². The summed E-state index contributed by atoms with van der Waals surface area (Å²) in [5, 5.41) is 20.6. The van der Waals surface area contributed by atoms with Gasteiger partial charge in [-0.05, 0) is 18.2 Å². The molecule has 0 saturated carbocycles. The Hall–Kier alpha value is -3.03. The molecule has 106 valence electrons. The third-order valence-electron chi connectivity index (χ3n) is 3.02. The maximum Gasteiger partial charge on any atom is 0.272 e. The predicted octanol–water partition coefficient (Wildman–Crippen LogP) is 2.06. The second kappa shape index (κ2) is 5.76. The van der Waals surface area contributed by atoms with Crippen LogP contribution < -0.4 is 5.56 Å². The number of rotatable bonds is 3. The number of nitrogens with zero attached hydrogens (tertiary/aromatic N) is 4. The van der Waals surface area contributed by atoms with Crippen molar-refractivity contribution in [1.29, 1.82) is 10.5 Å². The zero-order chi connectivity index (χ0) is 15.5. The molecule has 0 fully saturated rings. The lowest BCUT2D eigenvalue weighted by atomic mass is 10.2. The molecule has 0 saturated heterocycles. The molecule has 3 aromatic rings. The van der Waals surface area contributed by atoms with E-state index in [0.717, 1.165) is 4.90 Å². The molecule has 2 heterocycles. The summed E-state index contributed by atoms with van der Waals surface area (Å²) in [5.41, 5.74) is 1.58. The Bertz CT molecular complexity index is 990. The Labute approximate surface area is 129 Å². The largest absolute Gasteiger partial charge is 0.295 e. The van der Waals surface area contributed by atoms with E-state index in [1.54, 1.807) is 12.1 Å². The van der Waals surface area contributed by atoms with Gasteiger partial charge < -0.3 is 0 Å². The average molecular weight is 307 g/mol. The summed E-state index contributed by atoms with van der Waals surface area (Å²) in [6.07, 6.45) is 1.46. The summed E-state index contributed by atoms with van der Waals surface area (Å²) in [6.45, 7) is 0. The fourth-order valence-electron chi connectivity index (χ4n) is 2.00. The van der Waals surface area contributed by atoms with E-state index in [4.69, 9.17) is 10.5 Å². The first kappa shape index (κ1) is 13.9. The Morgan fingerprint density at radius 2 is 2.14 bits per heavy atom. The number of fused-ring (bicyclic) bond motifs is 1. The molecule has 2 aromatic heterocycles. The van der Waals surface area contributed by atoms with E-state index in [2.05, 4.69) is 16.2 Å². The molecule has 1 N–H and O–H groups in total. The lowest BCUT2D eigenvalue weighted by Crippen LogP contribution is -2.15.